The van der Waals surface area contributed by atoms with Crippen LogP contribution >= 0.6 is 0 Å². The van der Waals surface area contributed by atoms with Crippen molar-refractivity contribution in [1.29, 1.82) is 0 Å². The minimum absolute atomic E-state index is 0.0639. The van der Waals surface area contributed by atoms with E-state index in [0.29, 0.717) is 6.61 Å². The van der Waals surface area contributed by atoms with Gasteiger partial charge in [0.1, 0.15) is 6.10 Å². The summed E-state index contributed by atoms with van der Waals surface area (Å²) in [6.45, 7) is 4.89. The zero-order chi connectivity index (χ0) is 18.2. The average Bonchev–Trinajstić information content (AvgIpc) is 3.00. The van der Waals surface area contributed by atoms with Gasteiger partial charge in [-0.2, -0.15) is 0 Å². The maximum atomic E-state index is 9.10. The first-order valence-corrected chi connectivity index (χ1v) is 11.1. The van der Waals surface area contributed by atoms with Crippen LogP contribution in [0.25, 0.3) is 0 Å². The summed E-state index contributed by atoms with van der Waals surface area (Å²) < 4.78 is 11.4. The van der Waals surface area contributed by atoms with Crippen molar-refractivity contribution in [2.75, 3.05) is 13.2 Å². The molecular weight excluding hydrogens is 312 g/mol. The molecule has 1 heterocycles. The molecule has 0 amide bonds. The van der Waals surface area contributed by atoms with E-state index in [1.165, 1.54) is 89.9 Å². The molecule has 0 bridgehead atoms. The van der Waals surface area contributed by atoms with Gasteiger partial charge < -0.3 is 14.6 Å². The van der Waals surface area contributed by atoms with Gasteiger partial charge in [0, 0.05) is 6.42 Å². The highest BCUT2D eigenvalue weighted by atomic mass is 16.7. The third-order valence-corrected chi connectivity index (χ3v) is 5.43. The summed E-state index contributed by atoms with van der Waals surface area (Å²) in [7, 11) is 0. The topological polar surface area (TPSA) is 38.7 Å². The fourth-order valence-electron chi connectivity index (χ4n) is 3.73. The van der Waals surface area contributed by atoms with Gasteiger partial charge in [-0.1, -0.05) is 96.8 Å². The van der Waals surface area contributed by atoms with Gasteiger partial charge in [-0.15, -0.1) is 0 Å². The van der Waals surface area contributed by atoms with E-state index in [2.05, 4.69) is 6.92 Å². The Hall–Kier alpha value is -0.120. The molecule has 0 saturated carbocycles. The van der Waals surface area contributed by atoms with Crippen molar-refractivity contribution in [2.24, 2.45) is 0 Å². The van der Waals surface area contributed by atoms with Crippen molar-refractivity contribution < 1.29 is 14.6 Å². The van der Waals surface area contributed by atoms with Crippen molar-refractivity contribution in [3.8, 4) is 0 Å². The van der Waals surface area contributed by atoms with E-state index in [9.17, 15) is 0 Å². The summed E-state index contributed by atoms with van der Waals surface area (Å²) >= 11 is 0. The number of hydrogen-bond acceptors (Lipinski definition) is 3. The first kappa shape index (κ1) is 22.9. The molecule has 0 aromatic carbocycles. The number of hydrogen-bond donors (Lipinski definition) is 1. The maximum Gasteiger partial charge on any atom is 0.166 e. The summed E-state index contributed by atoms with van der Waals surface area (Å²) in [6, 6.07) is 0. The molecule has 1 aliphatic heterocycles. The molecule has 0 aromatic rings. The lowest BCUT2D eigenvalue weighted by atomic mass is 10.0. The van der Waals surface area contributed by atoms with Crippen LogP contribution in [-0.2, 0) is 9.47 Å². The number of ether oxygens (including phenoxy) is 2. The summed E-state index contributed by atoms with van der Waals surface area (Å²) in [6.07, 6.45) is 21.6. The Kier molecular flexibility index (Phi) is 13.7. The molecule has 2 atom stereocenters. The van der Waals surface area contributed by atoms with Crippen LogP contribution in [0, 0.1) is 0 Å². The van der Waals surface area contributed by atoms with Crippen LogP contribution in [0.3, 0.4) is 0 Å². The minimum Gasteiger partial charge on any atom is -0.394 e. The lowest BCUT2D eigenvalue weighted by Gasteiger charge is -2.22. The summed E-state index contributed by atoms with van der Waals surface area (Å²) in [4.78, 5) is 0. The monoisotopic (exact) mass is 356 g/mol. The Morgan fingerprint density at radius 2 is 1.20 bits per heavy atom. The highest BCUT2D eigenvalue weighted by Gasteiger charge is 2.36. The summed E-state index contributed by atoms with van der Waals surface area (Å²) in [5.41, 5.74) is 0. The second-order valence-electron chi connectivity index (χ2n) is 8.07. The lowest BCUT2D eigenvalue weighted by molar-refractivity contribution is -0.162. The largest absolute Gasteiger partial charge is 0.394 e. The zero-order valence-corrected chi connectivity index (χ0v) is 17.1. The fraction of sp³-hybridized carbons (Fsp3) is 1.00. The molecule has 0 aliphatic carbocycles. The van der Waals surface area contributed by atoms with E-state index >= 15 is 0 Å². The molecule has 1 rings (SSSR count). The Balaban J connectivity index is 1.76. The summed E-state index contributed by atoms with van der Waals surface area (Å²) in [5.74, 6) is -0.454. The van der Waals surface area contributed by atoms with Crippen molar-refractivity contribution in [3.63, 3.8) is 0 Å². The van der Waals surface area contributed by atoms with Gasteiger partial charge in [0.2, 0.25) is 0 Å². The number of rotatable bonds is 17. The van der Waals surface area contributed by atoms with Gasteiger partial charge in [0.15, 0.2) is 5.79 Å². The molecule has 1 aliphatic rings. The molecule has 150 valence electrons. The first-order valence-electron chi connectivity index (χ1n) is 11.1. The number of aliphatic hydroxyl groups is 1. The Labute approximate surface area is 156 Å². The van der Waals surface area contributed by atoms with Crippen LogP contribution in [0.5, 0.6) is 0 Å². The van der Waals surface area contributed by atoms with Gasteiger partial charge in [0.05, 0.1) is 13.2 Å². The van der Waals surface area contributed by atoms with Crippen LogP contribution in [0.2, 0.25) is 0 Å². The first-order chi connectivity index (χ1) is 12.2. The molecule has 1 fully saturated rings. The predicted octanol–water partition coefficient (Wildman–Crippen LogP) is 6.37. The minimum atomic E-state index is -0.454. The van der Waals surface area contributed by atoms with Crippen LogP contribution < -0.4 is 0 Å². The quantitative estimate of drug-likeness (QED) is 0.308. The van der Waals surface area contributed by atoms with Crippen molar-refractivity contribution >= 4 is 0 Å². The zero-order valence-electron chi connectivity index (χ0n) is 17.1. The highest BCUT2D eigenvalue weighted by molar-refractivity contribution is 4.74. The predicted molar refractivity (Wildman–Crippen MR) is 106 cm³/mol. The molecule has 0 radical (unpaired) electrons. The highest BCUT2D eigenvalue weighted by Crippen LogP contribution is 2.28. The maximum absolute atomic E-state index is 9.10. The Morgan fingerprint density at radius 1 is 0.760 bits per heavy atom. The lowest BCUT2D eigenvalue weighted by Crippen LogP contribution is -2.27. The Morgan fingerprint density at radius 3 is 1.60 bits per heavy atom. The normalized spacial score (nSPS) is 23.4. The SMILES string of the molecule is CCCCCCCCCCCCCCCCCC1(C)OCC(CO)O1. The van der Waals surface area contributed by atoms with E-state index in [1.807, 2.05) is 6.92 Å². The van der Waals surface area contributed by atoms with Gasteiger partial charge >= 0.3 is 0 Å². The molecule has 1 N–H and O–H groups in total. The average molecular weight is 357 g/mol. The van der Waals surface area contributed by atoms with Crippen molar-refractivity contribution in [1.82, 2.24) is 0 Å². The number of aliphatic hydroxyl groups excluding tert-OH is 1. The second-order valence-corrected chi connectivity index (χ2v) is 8.07. The Bertz CT molecular complexity index is 295. The second kappa shape index (κ2) is 15.0. The van der Waals surface area contributed by atoms with Crippen LogP contribution in [0.1, 0.15) is 117 Å². The smallest absolute Gasteiger partial charge is 0.166 e. The van der Waals surface area contributed by atoms with Crippen molar-refractivity contribution in [2.45, 2.75) is 128 Å². The number of unbranched alkanes of at least 4 members (excludes halogenated alkanes) is 14. The van der Waals surface area contributed by atoms with Gasteiger partial charge in [-0.05, 0) is 13.3 Å². The van der Waals surface area contributed by atoms with E-state index in [-0.39, 0.29) is 12.7 Å². The van der Waals surface area contributed by atoms with Crippen molar-refractivity contribution in [3.05, 3.63) is 0 Å². The molecule has 1 saturated heterocycles. The van der Waals surface area contributed by atoms with E-state index < -0.39 is 5.79 Å². The third-order valence-electron chi connectivity index (χ3n) is 5.43. The van der Waals surface area contributed by atoms with E-state index in [1.54, 1.807) is 0 Å². The standard InChI is InChI=1S/C22H44O3/c1-3-4-5-6-7-8-9-10-11-12-13-14-15-16-17-18-22(2)24-20-21(19-23)25-22/h21,23H,3-20H2,1-2H3. The van der Waals surface area contributed by atoms with E-state index in [4.69, 9.17) is 14.6 Å². The fourth-order valence-corrected chi connectivity index (χ4v) is 3.73. The molecule has 2 unspecified atom stereocenters. The third kappa shape index (κ3) is 12.0. The van der Waals surface area contributed by atoms with Gasteiger partial charge in [0.25, 0.3) is 0 Å². The molecule has 0 aromatic heterocycles. The van der Waals surface area contributed by atoms with Crippen LogP contribution in [0.15, 0.2) is 0 Å². The van der Waals surface area contributed by atoms with Crippen LogP contribution in [-0.4, -0.2) is 30.2 Å². The van der Waals surface area contributed by atoms with Gasteiger partial charge in [-0.3, -0.25) is 0 Å². The van der Waals surface area contributed by atoms with Crippen LogP contribution in [0.4, 0.5) is 0 Å². The van der Waals surface area contributed by atoms with E-state index in [0.717, 1.165) is 12.8 Å². The summed E-state index contributed by atoms with van der Waals surface area (Å²) in [5, 5.41) is 9.10. The molecule has 25 heavy (non-hydrogen) atoms. The molecule has 3 nitrogen and oxygen atoms in total. The molecule has 0 spiro atoms. The molecular formula is C22H44O3. The van der Waals surface area contributed by atoms with Gasteiger partial charge in [-0.25, -0.2) is 0 Å². The molecule has 3 heteroatoms.